The van der Waals surface area contributed by atoms with Gasteiger partial charge in [-0.25, -0.2) is 0 Å². The number of nitrogens with two attached hydrogens (primary N) is 1. The van der Waals surface area contributed by atoms with Crippen molar-refractivity contribution in [3.05, 3.63) is 23.8 Å². The molecule has 1 aromatic carbocycles. The van der Waals surface area contributed by atoms with Gasteiger partial charge in [0, 0.05) is 5.56 Å². The van der Waals surface area contributed by atoms with Crippen molar-refractivity contribution in [1.82, 2.24) is 5.32 Å². The number of carbonyl (C=O) groups excluding carboxylic acids is 1. The number of carbonyl (C=O) groups is 1. The number of methoxy groups -OCH3 is 1. The van der Waals surface area contributed by atoms with Crippen LogP contribution in [-0.4, -0.2) is 29.2 Å². The topological polar surface area (TPSA) is 84.6 Å². The molecular formula is C12H16N2O3S. The summed E-state index contributed by atoms with van der Waals surface area (Å²) in [7, 11) is 1.44. The van der Waals surface area contributed by atoms with Gasteiger partial charge in [-0.1, -0.05) is 19.1 Å². The highest BCUT2D eigenvalue weighted by molar-refractivity contribution is 7.80. The highest BCUT2D eigenvalue weighted by Gasteiger charge is 2.15. The molecule has 0 saturated carbocycles. The van der Waals surface area contributed by atoms with Crippen molar-refractivity contribution >= 4 is 23.1 Å². The first-order valence-corrected chi connectivity index (χ1v) is 5.87. The van der Waals surface area contributed by atoms with Gasteiger partial charge in [0.1, 0.15) is 0 Å². The number of aromatic hydroxyl groups is 1. The van der Waals surface area contributed by atoms with E-state index < -0.39 is 0 Å². The molecule has 0 aliphatic carbocycles. The van der Waals surface area contributed by atoms with Gasteiger partial charge in [0.05, 0.1) is 18.1 Å². The van der Waals surface area contributed by atoms with E-state index in [2.05, 4.69) is 5.32 Å². The Morgan fingerprint density at radius 3 is 2.72 bits per heavy atom. The van der Waals surface area contributed by atoms with Gasteiger partial charge in [-0.05, 0) is 24.6 Å². The third-order valence-corrected chi connectivity index (χ3v) is 2.78. The number of hydrogen-bond donors (Lipinski definition) is 3. The van der Waals surface area contributed by atoms with Crippen molar-refractivity contribution in [3.8, 4) is 11.5 Å². The Bertz CT molecular complexity index is 463. The fourth-order valence-electron chi connectivity index (χ4n) is 1.45. The van der Waals surface area contributed by atoms with Crippen LogP contribution in [0.1, 0.15) is 23.7 Å². The molecule has 4 N–H and O–H groups in total. The van der Waals surface area contributed by atoms with E-state index in [4.69, 9.17) is 22.7 Å². The van der Waals surface area contributed by atoms with E-state index in [9.17, 15) is 9.90 Å². The number of thiocarbonyl (C=S) groups is 1. The molecule has 18 heavy (non-hydrogen) atoms. The van der Waals surface area contributed by atoms with E-state index in [-0.39, 0.29) is 22.7 Å². The van der Waals surface area contributed by atoms with E-state index in [1.807, 2.05) is 6.92 Å². The number of hydrogen-bond acceptors (Lipinski definition) is 4. The molecule has 6 heteroatoms. The van der Waals surface area contributed by atoms with Gasteiger partial charge in [0.15, 0.2) is 11.5 Å². The molecular weight excluding hydrogens is 252 g/mol. The van der Waals surface area contributed by atoms with Crippen LogP contribution in [-0.2, 0) is 0 Å². The lowest BCUT2D eigenvalue weighted by Crippen LogP contribution is -2.42. The highest BCUT2D eigenvalue weighted by atomic mass is 32.1. The predicted octanol–water partition coefficient (Wildman–Crippen LogP) is 1.20. The smallest absolute Gasteiger partial charge is 0.251 e. The van der Waals surface area contributed by atoms with Crippen molar-refractivity contribution in [3.63, 3.8) is 0 Å². The number of benzene rings is 1. The molecule has 0 heterocycles. The largest absolute Gasteiger partial charge is 0.504 e. The zero-order chi connectivity index (χ0) is 13.7. The first-order chi connectivity index (χ1) is 8.49. The zero-order valence-electron chi connectivity index (χ0n) is 10.3. The summed E-state index contributed by atoms with van der Waals surface area (Å²) in [4.78, 5) is 12.1. The van der Waals surface area contributed by atoms with E-state index >= 15 is 0 Å². The number of phenolic OH excluding ortho intramolecular Hbond substituents is 1. The summed E-state index contributed by atoms with van der Waals surface area (Å²) in [6.45, 7) is 1.87. The quantitative estimate of drug-likeness (QED) is 0.699. The van der Waals surface area contributed by atoms with Crippen molar-refractivity contribution in [2.24, 2.45) is 5.73 Å². The summed E-state index contributed by atoms with van der Waals surface area (Å²) in [5.41, 5.74) is 5.82. The maximum absolute atomic E-state index is 11.9. The SMILES string of the molecule is CCC(NC(=O)c1ccc(OC)c(O)c1)C(N)=S. The Labute approximate surface area is 111 Å². The molecule has 0 bridgehead atoms. The Morgan fingerprint density at radius 1 is 1.61 bits per heavy atom. The van der Waals surface area contributed by atoms with Crippen molar-refractivity contribution in [1.29, 1.82) is 0 Å². The maximum Gasteiger partial charge on any atom is 0.251 e. The van der Waals surface area contributed by atoms with E-state index in [1.165, 1.54) is 19.2 Å². The molecule has 0 aliphatic rings. The molecule has 1 rings (SSSR count). The lowest BCUT2D eigenvalue weighted by molar-refractivity contribution is 0.0946. The van der Waals surface area contributed by atoms with Crippen LogP contribution >= 0.6 is 12.2 Å². The molecule has 1 aromatic rings. The monoisotopic (exact) mass is 268 g/mol. The third-order valence-electron chi connectivity index (χ3n) is 2.50. The van der Waals surface area contributed by atoms with Crippen LogP contribution in [0.5, 0.6) is 11.5 Å². The second-order valence-corrected chi connectivity index (χ2v) is 4.19. The van der Waals surface area contributed by atoms with Gasteiger partial charge in [0.2, 0.25) is 0 Å². The summed E-state index contributed by atoms with van der Waals surface area (Å²) < 4.78 is 4.90. The summed E-state index contributed by atoms with van der Waals surface area (Å²) >= 11 is 4.84. The molecule has 1 amide bonds. The molecule has 0 spiro atoms. The Morgan fingerprint density at radius 2 is 2.28 bits per heavy atom. The van der Waals surface area contributed by atoms with Crippen LogP contribution in [0, 0.1) is 0 Å². The average Bonchev–Trinajstić information content (AvgIpc) is 2.35. The molecule has 0 aromatic heterocycles. The molecule has 1 unspecified atom stereocenters. The predicted molar refractivity (Wildman–Crippen MR) is 73.0 cm³/mol. The average molecular weight is 268 g/mol. The molecule has 1 atom stereocenters. The van der Waals surface area contributed by atoms with Crippen LogP contribution in [0.15, 0.2) is 18.2 Å². The van der Waals surface area contributed by atoms with Crippen molar-refractivity contribution < 1.29 is 14.6 Å². The molecule has 5 nitrogen and oxygen atoms in total. The van der Waals surface area contributed by atoms with Gasteiger partial charge < -0.3 is 20.9 Å². The summed E-state index contributed by atoms with van der Waals surface area (Å²) in [6.07, 6.45) is 0.614. The van der Waals surface area contributed by atoms with E-state index in [1.54, 1.807) is 6.07 Å². The van der Waals surface area contributed by atoms with Crippen LogP contribution < -0.4 is 15.8 Å². The van der Waals surface area contributed by atoms with Crippen LogP contribution in [0.4, 0.5) is 0 Å². The Kier molecular flexibility index (Phi) is 4.91. The summed E-state index contributed by atoms with van der Waals surface area (Å²) in [5.74, 6) is -0.117. The second-order valence-electron chi connectivity index (χ2n) is 3.72. The number of rotatable bonds is 5. The van der Waals surface area contributed by atoms with Gasteiger partial charge in [-0.2, -0.15) is 0 Å². The molecule has 98 valence electrons. The van der Waals surface area contributed by atoms with E-state index in [0.717, 1.165) is 0 Å². The summed E-state index contributed by atoms with van der Waals surface area (Å²) in [6, 6.07) is 4.06. The molecule has 0 aliphatic heterocycles. The van der Waals surface area contributed by atoms with Gasteiger partial charge in [0.25, 0.3) is 5.91 Å². The van der Waals surface area contributed by atoms with E-state index in [0.29, 0.717) is 17.7 Å². The lowest BCUT2D eigenvalue weighted by atomic mass is 10.1. The maximum atomic E-state index is 11.9. The van der Waals surface area contributed by atoms with Gasteiger partial charge in [-0.3, -0.25) is 4.79 Å². The number of ether oxygens (including phenoxy) is 1. The van der Waals surface area contributed by atoms with Crippen molar-refractivity contribution in [2.75, 3.05) is 7.11 Å². The standard InChI is InChI=1S/C12H16N2O3S/c1-3-8(11(13)18)14-12(16)7-4-5-10(17-2)9(15)6-7/h4-6,8,15H,3H2,1-2H3,(H2,13,18)(H,14,16). The number of phenols is 1. The van der Waals surface area contributed by atoms with Crippen molar-refractivity contribution in [2.45, 2.75) is 19.4 Å². The second kappa shape index (κ2) is 6.20. The molecule has 0 radical (unpaired) electrons. The van der Waals surface area contributed by atoms with Gasteiger partial charge >= 0.3 is 0 Å². The van der Waals surface area contributed by atoms with Gasteiger partial charge in [-0.15, -0.1) is 0 Å². The first kappa shape index (κ1) is 14.2. The Balaban J connectivity index is 2.84. The summed E-state index contributed by atoms with van der Waals surface area (Å²) in [5, 5.41) is 12.3. The van der Waals surface area contributed by atoms with Crippen LogP contribution in [0.3, 0.4) is 0 Å². The minimum absolute atomic E-state index is 0.0893. The fourth-order valence-corrected chi connectivity index (χ4v) is 1.67. The number of nitrogens with one attached hydrogen (secondary N) is 1. The first-order valence-electron chi connectivity index (χ1n) is 5.46. The molecule has 0 fully saturated rings. The van der Waals surface area contributed by atoms with Crippen LogP contribution in [0.25, 0.3) is 0 Å². The third kappa shape index (κ3) is 3.33. The fraction of sp³-hybridized carbons (Fsp3) is 0.333. The lowest BCUT2D eigenvalue weighted by Gasteiger charge is -2.15. The Hall–Kier alpha value is -1.82. The highest BCUT2D eigenvalue weighted by Crippen LogP contribution is 2.26. The van der Waals surface area contributed by atoms with Crippen LogP contribution in [0.2, 0.25) is 0 Å². The zero-order valence-corrected chi connectivity index (χ0v) is 11.1. The number of amides is 1. The molecule has 0 saturated heterocycles. The minimum atomic E-state index is -0.350. The normalized spacial score (nSPS) is 11.7. The minimum Gasteiger partial charge on any atom is -0.504 e.